The first kappa shape index (κ1) is 15.0. The van der Waals surface area contributed by atoms with Gasteiger partial charge in [0.25, 0.3) is 34.9 Å². The lowest BCUT2D eigenvalue weighted by Gasteiger charge is -1.90. The van der Waals surface area contributed by atoms with Crippen molar-refractivity contribution in [1.29, 1.82) is 0 Å². The number of nitrogens with zero attached hydrogens (tertiary/aromatic N) is 14. The lowest BCUT2D eigenvalue weighted by Crippen LogP contribution is -1.75. The average molecular weight is 388 g/mol. The third kappa shape index (κ3) is 2.82. The molecule has 0 bridgehead atoms. The fourth-order valence-corrected chi connectivity index (χ4v) is 2.25. The van der Waals surface area contributed by atoms with E-state index in [9.17, 15) is 0 Å². The number of hydrogen-bond acceptors (Lipinski definition) is 19. The molecule has 4 aromatic heterocycles. The Morgan fingerprint density at radius 2 is 0.667 bits per heavy atom. The number of azo groups is 3. The molecule has 0 amide bonds. The van der Waals surface area contributed by atoms with Gasteiger partial charge in [0, 0.05) is 0 Å². The molecule has 27 heavy (non-hydrogen) atoms. The Bertz CT molecular complexity index is 1090. The van der Waals surface area contributed by atoms with Crippen LogP contribution in [-0.4, -0.2) is 41.3 Å². The van der Waals surface area contributed by atoms with Crippen molar-refractivity contribution in [3.05, 3.63) is 0 Å². The van der Waals surface area contributed by atoms with Gasteiger partial charge in [0.05, 0.1) is 0 Å². The van der Waals surface area contributed by atoms with Crippen LogP contribution in [0.4, 0.5) is 34.9 Å². The highest BCUT2D eigenvalue weighted by Crippen LogP contribution is 2.38. The van der Waals surface area contributed by atoms with Crippen LogP contribution in [0.15, 0.2) is 59.3 Å². The third-order valence-corrected chi connectivity index (χ3v) is 3.61. The molecule has 0 aliphatic carbocycles. The molecule has 0 radical (unpaired) electrons. The van der Waals surface area contributed by atoms with Crippen LogP contribution in [0.25, 0.3) is 0 Å². The normalized spacial score (nSPS) is 13.3. The summed E-state index contributed by atoms with van der Waals surface area (Å²) in [7, 11) is 0. The van der Waals surface area contributed by atoms with Gasteiger partial charge in [-0.25, -0.2) is 18.5 Å². The molecule has 18 nitrogen and oxygen atoms in total. The second-order valence-corrected chi connectivity index (χ2v) is 5.29. The molecule has 0 fully saturated rings. The van der Waals surface area contributed by atoms with Crippen molar-refractivity contribution < 1.29 is 18.5 Å². The van der Waals surface area contributed by atoms with Crippen molar-refractivity contribution in [3.63, 3.8) is 0 Å². The van der Waals surface area contributed by atoms with Gasteiger partial charge in [-0.3, -0.25) is 0 Å². The summed E-state index contributed by atoms with van der Waals surface area (Å²) in [5.74, 6) is -0.322. The first-order chi connectivity index (χ1) is 13.4. The quantitative estimate of drug-likeness (QED) is 0.371. The van der Waals surface area contributed by atoms with Crippen molar-refractivity contribution in [2.24, 2.45) is 30.7 Å². The average Bonchev–Trinajstić information content (AvgIpc) is 3.45. The van der Waals surface area contributed by atoms with E-state index in [-0.39, 0.29) is 45.0 Å². The lowest BCUT2D eigenvalue weighted by molar-refractivity contribution is 0.297. The monoisotopic (exact) mass is 388 g/mol. The smallest absolute Gasteiger partial charge is 0.241 e. The van der Waals surface area contributed by atoms with E-state index in [1.54, 1.807) is 0 Å². The van der Waals surface area contributed by atoms with Crippen LogP contribution in [0.2, 0.25) is 0 Å². The maximum Gasteiger partial charge on any atom is 0.265 e. The molecule has 0 unspecified atom stereocenters. The summed E-state index contributed by atoms with van der Waals surface area (Å²) in [6.07, 6.45) is 0. The highest BCUT2D eigenvalue weighted by Gasteiger charge is 2.20. The third-order valence-electron chi connectivity index (χ3n) is 2.71. The van der Waals surface area contributed by atoms with Gasteiger partial charge < -0.3 is 0 Å². The molecule has 0 aromatic carbocycles. The van der Waals surface area contributed by atoms with Crippen molar-refractivity contribution >= 4 is 46.7 Å². The predicted molar refractivity (Wildman–Crippen MR) is 73.8 cm³/mol. The zero-order chi connectivity index (χ0) is 18.1. The zero-order valence-corrected chi connectivity index (χ0v) is 13.1. The maximum absolute atomic E-state index is 4.65. The second kappa shape index (κ2) is 6.21. The molecule has 1 aliphatic rings. The molecule has 0 saturated heterocycles. The number of hydrogen-bond donors (Lipinski definition) is 0. The summed E-state index contributed by atoms with van der Waals surface area (Å²) in [5, 5.41) is 52.1. The molecule has 5 heterocycles. The number of fused-ring (bicyclic) bond motifs is 4. The minimum absolute atomic E-state index is 0.0191. The predicted octanol–water partition coefficient (Wildman–Crippen LogP) is 2.93. The van der Waals surface area contributed by atoms with E-state index in [0.717, 1.165) is 11.8 Å². The van der Waals surface area contributed by atoms with E-state index in [4.69, 9.17) is 0 Å². The van der Waals surface area contributed by atoms with E-state index in [2.05, 4.69) is 90.5 Å². The fraction of sp³-hybridized carbons (Fsp3) is 0. The molecule has 0 saturated carbocycles. The van der Waals surface area contributed by atoms with E-state index >= 15 is 0 Å². The standard InChI is InChI=1S/C8N14O4S/c9-1-3(17-23-15-1)11-13-5-7(21-25-19-5)27-8-6(20-26-22-8)14-12-4-2(10-9)16-24-18-4. The van der Waals surface area contributed by atoms with Crippen LogP contribution >= 0.6 is 11.8 Å². The van der Waals surface area contributed by atoms with Crippen molar-refractivity contribution in [2.75, 3.05) is 0 Å². The highest BCUT2D eigenvalue weighted by atomic mass is 32.2. The van der Waals surface area contributed by atoms with Gasteiger partial charge in [0.15, 0.2) is 10.1 Å². The number of rotatable bonds is 0. The summed E-state index contributed by atoms with van der Waals surface area (Å²) >= 11 is 0.945. The maximum atomic E-state index is 4.65. The molecule has 0 N–H and O–H groups in total. The fourth-order valence-electron chi connectivity index (χ4n) is 1.59. The SMILES string of the molecule is N1=Nc2nonc2N=Nc2nonc2Sc2nonc2N=Nc2nonc21. The van der Waals surface area contributed by atoms with Gasteiger partial charge in [-0.1, -0.05) is 0 Å². The Kier molecular flexibility index (Phi) is 3.45. The van der Waals surface area contributed by atoms with Crippen LogP contribution in [-0.2, 0) is 0 Å². The Labute approximate surface area is 148 Å². The van der Waals surface area contributed by atoms with Gasteiger partial charge in [0.2, 0.25) is 0 Å². The Balaban J connectivity index is 1.65. The topological polar surface area (TPSA) is 230 Å². The summed E-state index contributed by atoms with van der Waals surface area (Å²) in [5.41, 5.74) is 0. The van der Waals surface area contributed by atoms with E-state index in [1.165, 1.54) is 0 Å². The van der Waals surface area contributed by atoms with Crippen molar-refractivity contribution in [2.45, 2.75) is 10.1 Å². The van der Waals surface area contributed by atoms with E-state index in [0.29, 0.717) is 0 Å². The van der Waals surface area contributed by atoms with Crippen LogP contribution in [0.5, 0.6) is 0 Å². The highest BCUT2D eigenvalue weighted by molar-refractivity contribution is 7.99. The Morgan fingerprint density at radius 3 is 1.07 bits per heavy atom. The van der Waals surface area contributed by atoms with Crippen molar-refractivity contribution in [1.82, 2.24) is 41.3 Å². The molecule has 5 rings (SSSR count). The molecule has 0 spiro atoms. The molecular weight excluding hydrogens is 388 g/mol. The van der Waals surface area contributed by atoms with Gasteiger partial charge >= 0.3 is 0 Å². The first-order valence-corrected chi connectivity index (χ1v) is 7.42. The van der Waals surface area contributed by atoms with Crippen LogP contribution in [0, 0.1) is 0 Å². The van der Waals surface area contributed by atoms with Gasteiger partial charge in [-0.15, -0.1) is 30.7 Å². The molecule has 132 valence electrons. The van der Waals surface area contributed by atoms with E-state index < -0.39 is 0 Å². The van der Waals surface area contributed by atoms with Crippen molar-refractivity contribution in [3.8, 4) is 0 Å². The van der Waals surface area contributed by atoms with Gasteiger partial charge in [0.1, 0.15) is 0 Å². The minimum atomic E-state index is -0.0933. The number of aromatic nitrogens is 8. The van der Waals surface area contributed by atoms with Crippen LogP contribution in [0.1, 0.15) is 0 Å². The summed E-state index contributed by atoms with van der Waals surface area (Å²) < 4.78 is 18.4. The second-order valence-electron chi connectivity index (χ2n) is 4.31. The lowest BCUT2D eigenvalue weighted by atomic mass is 10.6. The Morgan fingerprint density at radius 1 is 0.370 bits per heavy atom. The van der Waals surface area contributed by atoms with Crippen LogP contribution < -0.4 is 0 Å². The van der Waals surface area contributed by atoms with Crippen LogP contribution in [0.3, 0.4) is 0 Å². The largest absolute Gasteiger partial charge is 0.265 e. The molecule has 0 atom stereocenters. The van der Waals surface area contributed by atoms with Gasteiger partial charge in [-0.05, 0) is 53.0 Å². The Hall–Kier alpha value is -4.29. The summed E-state index contributed by atoms with van der Waals surface area (Å²) in [4.78, 5) is 0. The van der Waals surface area contributed by atoms with Gasteiger partial charge in [-0.2, -0.15) is 0 Å². The zero-order valence-electron chi connectivity index (χ0n) is 12.3. The molecule has 1 aliphatic heterocycles. The summed E-state index contributed by atoms with van der Waals surface area (Å²) in [6.45, 7) is 0. The minimum Gasteiger partial charge on any atom is -0.241 e. The first-order valence-electron chi connectivity index (χ1n) is 6.60. The molecule has 19 heteroatoms. The molecular formula is C8N14O4S. The van der Waals surface area contributed by atoms with E-state index in [1.807, 2.05) is 0 Å². The summed E-state index contributed by atoms with van der Waals surface area (Å²) in [6, 6.07) is 0. The molecule has 4 aromatic rings.